The molecule has 11 atom stereocenters. The summed E-state index contributed by atoms with van der Waals surface area (Å²) in [5.74, 6) is 0.446. The summed E-state index contributed by atoms with van der Waals surface area (Å²) in [7, 11) is 0. The van der Waals surface area contributed by atoms with Crippen molar-refractivity contribution in [3.63, 3.8) is 0 Å². The molecule has 0 radical (unpaired) electrons. The Labute approximate surface area is 164 Å². The van der Waals surface area contributed by atoms with Crippen LogP contribution in [0.4, 0.5) is 0 Å². The molecular weight excluding hydrogens is 368 g/mol. The number of aliphatic hydroxyl groups excluding tert-OH is 3. The van der Waals surface area contributed by atoms with Gasteiger partial charge in [0.1, 0.15) is 30.6 Å². The molecule has 5 rings (SSSR count). The molecule has 0 spiro atoms. The minimum Gasteiger partial charge on any atom is -0.388 e. The van der Waals surface area contributed by atoms with E-state index < -0.39 is 30.6 Å². The molecule has 0 aromatic heterocycles. The van der Waals surface area contributed by atoms with Crippen molar-refractivity contribution in [2.45, 2.75) is 92.1 Å². The smallest absolute Gasteiger partial charge is 0.141 e. The van der Waals surface area contributed by atoms with Gasteiger partial charge in [-0.25, -0.2) is 0 Å². The molecule has 4 saturated heterocycles. The summed E-state index contributed by atoms with van der Waals surface area (Å²) in [6.45, 7) is 3.73. The Bertz CT molecular complexity index is 547. The fourth-order valence-corrected chi connectivity index (χ4v) is 7.36. The Balaban J connectivity index is 1.27. The lowest BCUT2D eigenvalue weighted by Gasteiger charge is -2.39. The molecule has 1 saturated carbocycles. The number of nitrogens with one attached hydrogen (secondary N) is 3. The molecule has 27 heavy (non-hydrogen) atoms. The zero-order valence-corrected chi connectivity index (χ0v) is 16.5. The van der Waals surface area contributed by atoms with Crippen molar-refractivity contribution in [1.29, 1.82) is 0 Å². The van der Waals surface area contributed by atoms with E-state index in [2.05, 4.69) is 27.8 Å². The number of fused-ring (bicyclic) bond motifs is 2. The topological polar surface area (TPSA) is 109 Å². The average Bonchev–Trinajstić information content (AvgIpc) is 3.39. The summed E-state index contributed by atoms with van der Waals surface area (Å²) in [5.41, 5.74) is 0. The number of likely N-dealkylation sites (tertiary alicyclic amines) is 1. The third kappa shape index (κ3) is 3.15. The van der Waals surface area contributed by atoms with Crippen LogP contribution in [-0.4, -0.2) is 92.9 Å². The van der Waals surface area contributed by atoms with Crippen molar-refractivity contribution in [1.82, 2.24) is 20.9 Å². The second-order valence-electron chi connectivity index (χ2n) is 8.77. The summed E-state index contributed by atoms with van der Waals surface area (Å²) in [6.07, 6.45) is 0.424. The van der Waals surface area contributed by atoms with Gasteiger partial charge >= 0.3 is 0 Å². The normalized spacial score (nSPS) is 54.2. The van der Waals surface area contributed by atoms with E-state index in [1.807, 2.05) is 0 Å². The number of hydrogen-bond donors (Lipinski definition) is 6. The van der Waals surface area contributed by atoms with Crippen LogP contribution in [0.5, 0.6) is 0 Å². The lowest BCUT2D eigenvalue weighted by Crippen LogP contribution is -2.61. The lowest BCUT2D eigenvalue weighted by molar-refractivity contribution is -0.127. The van der Waals surface area contributed by atoms with Crippen LogP contribution in [0.25, 0.3) is 0 Å². The van der Waals surface area contributed by atoms with Crippen LogP contribution in [0, 0.1) is 5.92 Å². The maximum absolute atomic E-state index is 10.9. The Morgan fingerprint density at radius 3 is 2.81 bits per heavy atom. The van der Waals surface area contributed by atoms with Gasteiger partial charge in [-0.15, -0.1) is 11.8 Å². The van der Waals surface area contributed by atoms with Crippen molar-refractivity contribution in [3.05, 3.63) is 0 Å². The highest BCUT2D eigenvalue weighted by molar-refractivity contribution is 8.00. The van der Waals surface area contributed by atoms with Gasteiger partial charge in [0, 0.05) is 36.5 Å². The minimum absolute atomic E-state index is 0.127. The Morgan fingerprint density at radius 1 is 1.15 bits per heavy atom. The van der Waals surface area contributed by atoms with E-state index in [0.717, 1.165) is 26.1 Å². The van der Waals surface area contributed by atoms with Crippen LogP contribution in [-0.2, 0) is 4.74 Å². The molecule has 154 valence electrons. The van der Waals surface area contributed by atoms with Crippen molar-refractivity contribution in [2.75, 3.05) is 13.2 Å². The van der Waals surface area contributed by atoms with Crippen molar-refractivity contribution < 1.29 is 20.1 Å². The van der Waals surface area contributed by atoms with Crippen LogP contribution in [0.3, 0.4) is 0 Å². The maximum Gasteiger partial charge on any atom is 0.141 e. The molecule has 0 bridgehead atoms. The molecule has 0 aromatic rings. The molecule has 4 heterocycles. The monoisotopic (exact) mass is 400 g/mol. The Hall–Kier alpha value is 0.0300. The number of thioether (sulfide) groups is 1. The predicted octanol–water partition coefficient (Wildman–Crippen LogP) is -1.44. The SMILES string of the molecule is CC1NCNC2C1CCN2[C@@H]1O[C@H]([C@H](O)C2NC3CCCC3S2)[C@@H](O)[C@H]1O. The third-order valence-corrected chi connectivity index (χ3v) is 8.88. The molecule has 0 amide bonds. The molecule has 6 N–H and O–H groups in total. The first-order valence-electron chi connectivity index (χ1n) is 10.4. The standard InChI is InChI=1S/C18H32N4O4S/c1-8-9-5-6-22(16(9)20-7-19-8)18-13(24)12(23)15(26-18)14(25)17-21-10-3-2-4-11(10)27-17/h8-21,23-25H,2-7H2,1H3/t8?,9?,10?,11?,12-,13+,14-,15-,16?,17?,18+/m0/s1. The second-order valence-corrected chi connectivity index (χ2v) is 10.2. The van der Waals surface area contributed by atoms with Gasteiger partial charge in [0.15, 0.2) is 0 Å². The summed E-state index contributed by atoms with van der Waals surface area (Å²) < 4.78 is 6.11. The Morgan fingerprint density at radius 2 is 2.00 bits per heavy atom. The van der Waals surface area contributed by atoms with Gasteiger partial charge in [0.05, 0.1) is 11.5 Å². The summed E-state index contributed by atoms with van der Waals surface area (Å²) in [6, 6.07) is 0.860. The van der Waals surface area contributed by atoms with E-state index in [-0.39, 0.29) is 11.5 Å². The number of nitrogens with zero attached hydrogens (tertiary/aromatic N) is 1. The van der Waals surface area contributed by atoms with E-state index in [1.165, 1.54) is 12.8 Å². The minimum atomic E-state index is -1.08. The summed E-state index contributed by atoms with van der Waals surface area (Å²) in [5, 5.41) is 43.0. The highest BCUT2D eigenvalue weighted by Gasteiger charge is 2.55. The largest absolute Gasteiger partial charge is 0.388 e. The van der Waals surface area contributed by atoms with Gasteiger partial charge in [-0.3, -0.25) is 15.5 Å². The molecule has 8 nitrogen and oxygen atoms in total. The molecular formula is C18H32N4O4S. The molecule has 4 aliphatic heterocycles. The van der Waals surface area contributed by atoms with Crippen molar-refractivity contribution >= 4 is 11.8 Å². The van der Waals surface area contributed by atoms with Gasteiger partial charge < -0.3 is 25.4 Å². The quantitative estimate of drug-likeness (QED) is 0.340. The number of rotatable bonds is 3. The van der Waals surface area contributed by atoms with Gasteiger partial charge in [0.25, 0.3) is 0 Å². The van der Waals surface area contributed by atoms with Crippen LogP contribution in [0.2, 0.25) is 0 Å². The first kappa shape index (κ1) is 19.0. The lowest BCUT2D eigenvalue weighted by atomic mass is 9.96. The van der Waals surface area contributed by atoms with E-state index in [4.69, 9.17) is 4.74 Å². The summed E-state index contributed by atoms with van der Waals surface area (Å²) >= 11 is 1.76. The molecule has 9 heteroatoms. The van der Waals surface area contributed by atoms with Gasteiger partial charge in [0.2, 0.25) is 0 Å². The molecule has 1 aliphatic carbocycles. The van der Waals surface area contributed by atoms with E-state index in [9.17, 15) is 15.3 Å². The van der Waals surface area contributed by atoms with Crippen molar-refractivity contribution in [2.24, 2.45) is 5.92 Å². The third-order valence-electron chi connectivity index (χ3n) is 7.26. The van der Waals surface area contributed by atoms with E-state index in [0.29, 0.717) is 23.3 Å². The Kier molecular flexibility index (Phi) is 5.19. The zero-order valence-electron chi connectivity index (χ0n) is 15.7. The molecule has 0 aromatic carbocycles. The molecule has 5 aliphatic rings. The van der Waals surface area contributed by atoms with E-state index >= 15 is 0 Å². The number of aliphatic hydroxyl groups is 3. The predicted molar refractivity (Wildman–Crippen MR) is 102 cm³/mol. The first-order chi connectivity index (χ1) is 13.0. The van der Waals surface area contributed by atoms with Crippen LogP contribution in [0.15, 0.2) is 0 Å². The first-order valence-corrected chi connectivity index (χ1v) is 11.3. The average molecular weight is 401 g/mol. The van der Waals surface area contributed by atoms with Crippen molar-refractivity contribution in [3.8, 4) is 0 Å². The van der Waals surface area contributed by atoms with Gasteiger partial charge in [-0.1, -0.05) is 6.42 Å². The summed E-state index contributed by atoms with van der Waals surface area (Å²) in [4.78, 5) is 2.13. The maximum atomic E-state index is 10.9. The highest BCUT2D eigenvalue weighted by atomic mass is 32.2. The van der Waals surface area contributed by atoms with Crippen LogP contribution in [0.1, 0.15) is 32.6 Å². The second kappa shape index (κ2) is 7.37. The molecule has 5 fully saturated rings. The number of hydrogen-bond acceptors (Lipinski definition) is 9. The van der Waals surface area contributed by atoms with Crippen LogP contribution < -0.4 is 16.0 Å². The fraction of sp³-hybridized carbons (Fsp3) is 1.00. The highest BCUT2D eigenvalue weighted by Crippen LogP contribution is 2.42. The van der Waals surface area contributed by atoms with Gasteiger partial charge in [-0.2, -0.15) is 0 Å². The zero-order chi connectivity index (χ0) is 18.7. The van der Waals surface area contributed by atoms with Gasteiger partial charge in [-0.05, 0) is 26.2 Å². The van der Waals surface area contributed by atoms with Crippen LogP contribution >= 0.6 is 11.8 Å². The fourth-order valence-electron chi connectivity index (χ4n) is 5.71. The number of ether oxygens (including phenoxy) is 1. The van der Waals surface area contributed by atoms with E-state index in [1.54, 1.807) is 11.8 Å². The molecule has 6 unspecified atom stereocenters.